The lowest BCUT2D eigenvalue weighted by atomic mass is 9.84. The molecule has 186 valence electrons. The van der Waals surface area contributed by atoms with Crippen molar-refractivity contribution in [1.82, 2.24) is 10.2 Å². The van der Waals surface area contributed by atoms with Gasteiger partial charge in [-0.15, -0.1) is 11.3 Å². The molecule has 1 unspecified atom stereocenters. The molecule has 1 fully saturated rings. The molecular weight excluding hydrogens is 478 g/mol. The molecule has 1 aliphatic rings. The van der Waals surface area contributed by atoms with Crippen LogP contribution in [0.15, 0.2) is 48.5 Å². The van der Waals surface area contributed by atoms with Crippen molar-refractivity contribution >= 4 is 50.5 Å². The number of thiophene rings is 1. The first-order chi connectivity index (χ1) is 16.7. The van der Waals surface area contributed by atoms with E-state index in [4.69, 9.17) is 11.6 Å². The number of halogens is 1. The van der Waals surface area contributed by atoms with Crippen LogP contribution in [-0.2, 0) is 10.2 Å². The Morgan fingerprint density at radius 3 is 2.54 bits per heavy atom. The first-order valence-electron chi connectivity index (χ1n) is 12.3. The zero-order valence-electron chi connectivity index (χ0n) is 20.9. The summed E-state index contributed by atoms with van der Waals surface area (Å²) in [4.78, 5) is 30.4. The molecule has 0 bridgehead atoms. The number of amides is 2. The minimum atomic E-state index is -0.104. The Hall–Kier alpha value is -2.41. The Balaban J connectivity index is 1.35. The fraction of sp³-hybridized carbons (Fsp3) is 0.429. The zero-order chi connectivity index (χ0) is 25.2. The van der Waals surface area contributed by atoms with Crippen LogP contribution in [0.2, 0.25) is 5.02 Å². The monoisotopic (exact) mass is 511 g/mol. The van der Waals surface area contributed by atoms with Gasteiger partial charge in [-0.05, 0) is 54.4 Å². The predicted octanol–water partition coefficient (Wildman–Crippen LogP) is 5.96. The number of benzene rings is 2. The number of likely N-dealkylation sites (N-methyl/N-ethyl adjacent to an activating group) is 1. The third kappa shape index (κ3) is 5.88. The van der Waals surface area contributed by atoms with Crippen LogP contribution >= 0.6 is 22.9 Å². The summed E-state index contributed by atoms with van der Waals surface area (Å²) in [7, 11) is 0. The number of carbonyl (C=O) groups is 2. The second-order valence-corrected chi connectivity index (χ2v) is 11.5. The Bertz CT molecular complexity index is 1200. The average Bonchev–Trinajstić information content (AvgIpc) is 3.44. The number of rotatable bonds is 9. The average molecular weight is 512 g/mol. The van der Waals surface area contributed by atoms with E-state index in [0.29, 0.717) is 29.4 Å². The van der Waals surface area contributed by atoms with Gasteiger partial charge < -0.3 is 15.1 Å². The van der Waals surface area contributed by atoms with Gasteiger partial charge in [0.25, 0.3) is 5.91 Å². The van der Waals surface area contributed by atoms with Gasteiger partial charge in [-0.3, -0.25) is 9.59 Å². The second kappa shape index (κ2) is 10.7. The molecular formula is C28H34ClN3O2S. The first kappa shape index (κ1) is 25.7. The molecule has 1 aromatic heterocycles. The summed E-state index contributed by atoms with van der Waals surface area (Å²) in [5.41, 5.74) is 2.23. The summed E-state index contributed by atoms with van der Waals surface area (Å²) in [5, 5.41) is 4.70. The Labute approximate surface area is 217 Å². The highest BCUT2D eigenvalue weighted by Crippen LogP contribution is 2.31. The highest BCUT2D eigenvalue weighted by Gasteiger charge is 2.31. The molecule has 0 saturated carbocycles. The van der Waals surface area contributed by atoms with E-state index in [0.717, 1.165) is 35.4 Å². The summed E-state index contributed by atoms with van der Waals surface area (Å²) in [5.74, 6) is 0.0953. The van der Waals surface area contributed by atoms with Gasteiger partial charge in [0.2, 0.25) is 5.91 Å². The maximum Gasteiger partial charge on any atom is 0.261 e. The molecule has 4 rings (SSSR count). The number of nitrogens with zero attached hydrogens (tertiary/aromatic N) is 2. The largest absolute Gasteiger partial charge is 0.351 e. The molecule has 1 aliphatic heterocycles. The van der Waals surface area contributed by atoms with Crippen LogP contribution in [0.1, 0.15) is 49.4 Å². The molecule has 1 N–H and O–H groups in total. The lowest BCUT2D eigenvalue weighted by Crippen LogP contribution is -2.36. The smallest absolute Gasteiger partial charge is 0.261 e. The maximum absolute atomic E-state index is 12.8. The van der Waals surface area contributed by atoms with E-state index in [2.05, 4.69) is 62.2 Å². The second-order valence-electron chi connectivity index (χ2n) is 9.97. The summed E-state index contributed by atoms with van der Waals surface area (Å²) in [6, 6.07) is 15.9. The molecule has 35 heavy (non-hydrogen) atoms. The number of anilines is 1. The van der Waals surface area contributed by atoms with Crippen LogP contribution in [-0.4, -0.2) is 49.4 Å². The number of nitrogens with one attached hydrogen (secondary N) is 1. The number of carbonyl (C=O) groups excluding carboxylic acids is 2. The van der Waals surface area contributed by atoms with Gasteiger partial charge in [-0.1, -0.05) is 57.5 Å². The summed E-state index contributed by atoms with van der Waals surface area (Å²) in [6.45, 7) is 13.1. The third-order valence-corrected chi connectivity index (χ3v) is 8.27. The topological polar surface area (TPSA) is 52.6 Å². The van der Waals surface area contributed by atoms with Crippen LogP contribution in [0.25, 0.3) is 10.1 Å². The van der Waals surface area contributed by atoms with E-state index in [9.17, 15) is 9.59 Å². The number of fused-ring (bicyclic) bond motifs is 1. The van der Waals surface area contributed by atoms with Crippen molar-refractivity contribution in [1.29, 1.82) is 0 Å². The Kier molecular flexibility index (Phi) is 7.84. The van der Waals surface area contributed by atoms with Gasteiger partial charge >= 0.3 is 0 Å². The van der Waals surface area contributed by atoms with Gasteiger partial charge in [-0.2, -0.15) is 0 Å². The van der Waals surface area contributed by atoms with Crippen LogP contribution in [0, 0.1) is 5.92 Å². The van der Waals surface area contributed by atoms with Gasteiger partial charge in [0.1, 0.15) is 0 Å². The molecule has 3 aromatic rings. The van der Waals surface area contributed by atoms with E-state index in [1.807, 2.05) is 29.2 Å². The van der Waals surface area contributed by atoms with Gasteiger partial charge in [0.05, 0.1) is 4.88 Å². The fourth-order valence-corrected chi connectivity index (χ4v) is 6.05. The Morgan fingerprint density at radius 2 is 1.86 bits per heavy atom. The van der Waals surface area contributed by atoms with Crippen molar-refractivity contribution in [3.63, 3.8) is 0 Å². The van der Waals surface area contributed by atoms with Crippen LogP contribution in [0.3, 0.4) is 0 Å². The van der Waals surface area contributed by atoms with Crippen LogP contribution in [0.4, 0.5) is 5.69 Å². The van der Waals surface area contributed by atoms with E-state index in [-0.39, 0.29) is 23.1 Å². The van der Waals surface area contributed by atoms with Crippen LogP contribution < -0.4 is 10.2 Å². The van der Waals surface area contributed by atoms with E-state index >= 15 is 0 Å². The first-order valence-corrected chi connectivity index (χ1v) is 13.5. The normalized spacial score (nSPS) is 16.5. The highest BCUT2D eigenvalue weighted by atomic mass is 35.5. The number of hydrogen-bond donors (Lipinski definition) is 1. The predicted molar refractivity (Wildman–Crippen MR) is 147 cm³/mol. The standard InChI is InChI=1S/C28H34ClN3O2S/c1-5-31(6-2)18-28(3,4)21-8-11-23(12-9-21)32-17-19(13-26(32)33)16-30-27(34)25-14-20-7-10-22(29)15-24(20)35-25/h7-12,14-15,19H,5-6,13,16-18H2,1-4H3,(H,30,34). The van der Waals surface area contributed by atoms with Gasteiger partial charge in [0.15, 0.2) is 0 Å². The maximum atomic E-state index is 12.8. The van der Waals surface area contributed by atoms with Gasteiger partial charge in [-0.25, -0.2) is 0 Å². The minimum Gasteiger partial charge on any atom is -0.351 e. The molecule has 1 saturated heterocycles. The fourth-order valence-electron chi connectivity index (χ4n) is 4.80. The van der Waals surface area contributed by atoms with Gasteiger partial charge in [0, 0.05) is 52.8 Å². The van der Waals surface area contributed by atoms with Crippen molar-refractivity contribution in [3.05, 3.63) is 64.0 Å². The molecule has 0 radical (unpaired) electrons. The molecule has 2 heterocycles. The molecule has 2 amide bonds. The van der Waals surface area contributed by atoms with E-state index in [1.165, 1.54) is 16.9 Å². The zero-order valence-corrected chi connectivity index (χ0v) is 22.5. The molecule has 0 spiro atoms. The lowest BCUT2D eigenvalue weighted by Gasteiger charge is -2.32. The highest BCUT2D eigenvalue weighted by molar-refractivity contribution is 7.20. The van der Waals surface area contributed by atoms with Crippen molar-refractivity contribution in [3.8, 4) is 0 Å². The number of hydrogen-bond acceptors (Lipinski definition) is 4. The quantitative estimate of drug-likeness (QED) is 0.386. The van der Waals surface area contributed by atoms with Crippen molar-refractivity contribution in [2.45, 2.75) is 39.5 Å². The van der Waals surface area contributed by atoms with E-state index in [1.54, 1.807) is 0 Å². The summed E-state index contributed by atoms with van der Waals surface area (Å²) in [6.07, 6.45) is 0.442. The lowest BCUT2D eigenvalue weighted by molar-refractivity contribution is -0.117. The summed E-state index contributed by atoms with van der Waals surface area (Å²) >= 11 is 7.50. The minimum absolute atomic E-state index is 0.0321. The SMILES string of the molecule is CCN(CC)CC(C)(C)c1ccc(N2CC(CNC(=O)c3cc4ccc(Cl)cc4s3)CC2=O)cc1. The molecule has 2 aromatic carbocycles. The van der Waals surface area contributed by atoms with E-state index < -0.39 is 0 Å². The molecule has 1 atom stereocenters. The summed E-state index contributed by atoms with van der Waals surface area (Å²) < 4.78 is 0.994. The van der Waals surface area contributed by atoms with Crippen LogP contribution in [0.5, 0.6) is 0 Å². The van der Waals surface area contributed by atoms with Crippen molar-refractivity contribution < 1.29 is 9.59 Å². The van der Waals surface area contributed by atoms with Crippen molar-refractivity contribution in [2.24, 2.45) is 5.92 Å². The third-order valence-electron chi connectivity index (χ3n) is 6.94. The molecule has 0 aliphatic carbocycles. The van der Waals surface area contributed by atoms with Crippen molar-refractivity contribution in [2.75, 3.05) is 37.6 Å². The Morgan fingerprint density at radius 1 is 1.14 bits per heavy atom. The molecule has 5 nitrogen and oxygen atoms in total. The molecule has 7 heteroatoms.